The Balaban J connectivity index is 1.86. The van der Waals surface area contributed by atoms with E-state index in [9.17, 15) is 4.79 Å². The number of hydrogen-bond acceptors (Lipinski definition) is 3. The maximum atomic E-state index is 11.6. The normalized spacial score (nSPS) is 34.9. The zero-order valence-electron chi connectivity index (χ0n) is 7.03. The molecule has 0 radical (unpaired) electrons. The predicted molar refractivity (Wildman–Crippen MR) is 50.0 cm³/mol. The fourth-order valence-electron chi connectivity index (χ4n) is 1.52. The lowest BCUT2D eigenvalue weighted by atomic mass is 10.3. The number of nitrogens with two attached hydrogens (primary N) is 1. The topological polar surface area (TPSA) is 46.3 Å². The zero-order chi connectivity index (χ0) is 8.55. The highest BCUT2D eigenvalue weighted by molar-refractivity contribution is 7.99. The van der Waals surface area contributed by atoms with Crippen LogP contribution >= 0.6 is 11.8 Å². The monoisotopic (exact) mass is 186 g/mol. The van der Waals surface area contributed by atoms with Gasteiger partial charge in [-0.15, -0.1) is 0 Å². The molecular formula is C8H14N2OS. The van der Waals surface area contributed by atoms with Gasteiger partial charge in [0, 0.05) is 30.6 Å². The molecule has 1 aliphatic heterocycles. The smallest absolute Gasteiger partial charge is 0.227 e. The lowest BCUT2D eigenvalue weighted by molar-refractivity contribution is -0.132. The molecule has 3 nitrogen and oxygen atoms in total. The Bertz CT molecular complexity index is 191. The van der Waals surface area contributed by atoms with Gasteiger partial charge in [-0.3, -0.25) is 4.79 Å². The average Bonchev–Trinajstić information content (AvgIpc) is 2.83. The Morgan fingerprint density at radius 3 is 2.50 bits per heavy atom. The summed E-state index contributed by atoms with van der Waals surface area (Å²) in [6, 6.07) is 0.159. The first-order chi connectivity index (χ1) is 5.79. The standard InChI is InChI=1S/C8H14N2OS/c9-7-5-6(7)8(11)10-1-3-12-4-2-10/h6-7H,1-5,9H2. The van der Waals surface area contributed by atoms with Gasteiger partial charge in [0.2, 0.25) is 5.91 Å². The van der Waals surface area contributed by atoms with E-state index >= 15 is 0 Å². The lowest BCUT2D eigenvalue weighted by Crippen LogP contribution is -2.39. The number of carbonyl (C=O) groups excluding carboxylic acids is 1. The van der Waals surface area contributed by atoms with E-state index in [2.05, 4.69) is 0 Å². The first kappa shape index (κ1) is 8.38. The number of rotatable bonds is 1. The summed E-state index contributed by atoms with van der Waals surface area (Å²) < 4.78 is 0. The summed E-state index contributed by atoms with van der Waals surface area (Å²) in [5, 5.41) is 0. The highest BCUT2D eigenvalue weighted by Gasteiger charge is 2.42. The molecule has 1 saturated heterocycles. The Morgan fingerprint density at radius 2 is 2.00 bits per heavy atom. The molecular weight excluding hydrogens is 172 g/mol. The van der Waals surface area contributed by atoms with Crippen LogP contribution in [0.25, 0.3) is 0 Å². The van der Waals surface area contributed by atoms with Crippen LogP contribution in [0.1, 0.15) is 6.42 Å². The van der Waals surface area contributed by atoms with Gasteiger partial charge in [-0.25, -0.2) is 0 Å². The van der Waals surface area contributed by atoms with Crippen molar-refractivity contribution in [3.05, 3.63) is 0 Å². The van der Waals surface area contributed by atoms with Crippen molar-refractivity contribution in [2.24, 2.45) is 11.7 Å². The molecule has 68 valence electrons. The Kier molecular flexibility index (Phi) is 2.28. The maximum absolute atomic E-state index is 11.6. The molecule has 0 bridgehead atoms. The Hall–Kier alpha value is -0.220. The van der Waals surface area contributed by atoms with Gasteiger partial charge in [0.15, 0.2) is 0 Å². The molecule has 0 aromatic rings. The highest BCUT2D eigenvalue weighted by atomic mass is 32.2. The van der Waals surface area contributed by atoms with Crippen LogP contribution in [-0.4, -0.2) is 41.4 Å². The van der Waals surface area contributed by atoms with Crippen molar-refractivity contribution < 1.29 is 4.79 Å². The van der Waals surface area contributed by atoms with Crippen molar-refractivity contribution in [3.63, 3.8) is 0 Å². The van der Waals surface area contributed by atoms with Crippen molar-refractivity contribution in [1.29, 1.82) is 0 Å². The van der Waals surface area contributed by atoms with E-state index in [1.54, 1.807) is 0 Å². The molecule has 0 aromatic carbocycles. The van der Waals surface area contributed by atoms with E-state index in [0.29, 0.717) is 5.91 Å². The van der Waals surface area contributed by atoms with Crippen molar-refractivity contribution >= 4 is 17.7 Å². The molecule has 0 aromatic heterocycles. The maximum Gasteiger partial charge on any atom is 0.227 e. The lowest BCUT2D eigenvalue weighted by Gasteiger charge is -2.26. The first-order valence-electron chi connectivity index (χ1n) is 4.41. The largest absolute Gasteiger partial charge is 0.341 e. The molecule has 2 rings (SSSR count). The van der Waals surface area contributed by atoms with Gasteiger partial charge >= 0.3 is 0 Å². The predicted octanol–water partition coefficient (Wildman–Crippen LogP) is -0.0910. The van der Waals surface area contributed by atoms with Gasteiger partial charge in [-0.2, -0.15) is 11.8 Å². The third-order valence-electron chi connectivity index (χ3n) is 2.48. The summed E-state index contributed by atoms with van der Waals surface area (Å²) >= 11 is 1.92. The van der Waals surface area contributed by atoms with Crippen LogP contribution in [0.15, 0.2) is 0 Å². The molecule has 2 N–H and O–H groups in total. The minimum absolute atomic E-state index is 0.159. The zero-order valence-corrected chi connectivity index (χ0v) is 7.85. The second-order valence-electron chi connectivity index (χ2n) is 3.44. The van der Waals surface area contributed by atoms with E-state index in [0.717, 1.165) is 31.0 Å². The third-order valence-corrected chi connectivity index (χ3v) is 3.42. The second kappa shape index (κ2) is 3.26. The minimum atomic E-state index is 0.159. The van der Waals surface area contributed by atoms with Gasteiger partial charge in [0.05, 0.1) is 5.92 Å². The molecule has 2 aliphatic rings. The van der Waals surface area contributed by atoms with Crippen LogP contribution < -0.4 is 5.73 Å². The first-order valence-corrected chi connectivity index (χ1v) is 5.56. The summed E-state index contributed by atoms with van der Waals surface area (Å²) in [5.74, 6) is 2.64. The van der Waals surface area contributed by atoms with Crippen LogP contribution in [0.2, 0.25) is 0 Å². The Morgan fingerprint density at radius 1 is 1.42 bits per heavy atom. The van der Waals surface area contributed by atoms with Crippen molar-refractivity contribution in [3.8, 4) is 0 Å². The summed E-state index contributed by atoms with van der Waals surface area (Å²) in [7, 11) is 0. The van der Waals surface area contributed by atoms with Gasteiger partial charge in [-0.1, -0.05) is 0 Å². The van der Waals surface area contributed by atoms with Crippen molar-refractivity contribution in [1.82, 2.24) is 4.90 Å². The van der Waals surface area contributed by atoms with Gasteiger partial charge < -0.3 is 10.6 Å². The second-order valence-corrected chi connectivity index (χ2v) is 4.67. The molecule has 4 heteroatoms. The van der Waals surface area contributed by atoms with Gasteiger partial charge in [0.1, 0.15) is 0 Å². The molecule has 1 saturated carbocycles. The number of carbonyl (C=O) groups is 1. The van der Waals surface area contributed by atoms with Crippen molar-refractivity contribution in [2.75, 3.05) is 24.6 Å². The molecule has 1 heterocycles. The number of thioether (sulfide) groups is 1. The van der Waals surface area contributed by atoms with Crippen LogP contribution in [0.3, 0.4) is 0 Å². The fourth-order valence-corrected chi connectivity index (χ4v) is 2.42. The van der Waals surface area contributed by atoms with E-state index in [4.69, 9.17) is 5.73 Å². The minimum Gasteiger partial charge on any atom is -0.341 e. The number of amides is 1. The summed E-state index contributed by atoms with van der Waals surface area (Å²) in [6.07, 6.45) is 0.905. The third kappa shape index (κ3) is 1.59. The summed E-state index contributed by atoms with van der Waals surface area (Å²) in [4.78, 5) is 13.6. The molecule has 1 amide bonds. The van der Waals surface area contributed by atoms with Crippen LogP contribution in [-0.2, 0) is 4.79 Å². The molecule has 2 unspecified atom stereocenters. The molecule has 0 spiro atoms. The van der Waals surface area contributed by atoms with E-state index in [1.807, 2.05) is 16.7 Å². The Labute approximate surface area is 76.7 Å². The summed E-state index contributed by atoms with van der Waals surface area (Å²) in [6.45, 7) is 1.85. The van der Waals surface area contributed by atoms with Crippen molar-refractivity contribution in [2.45, 2.75) is 12.5 Å². The average molecular weight is 186 g/mol. The van der Waals surface area contributed by atoms with E-state index < -0.39 is 0 Å². The van der Waals surface area contributed by atoms with Crippen LogP contribution in [0.4, 0.5) is 0 Å². The van der Waals surface area contributed by atoms with Gasteiger partial charge in [0.25, 0.3) is 0 Å². The number of hydrogen-bond donors (Lipinski definition) is 1. The molecule has 2 fully saturated rings. The molecule has 2 atom stereocenters. The fraction of sp³-hybridized carbons (Fsp3) is 0.875. The quantitative estimate of drug-likeness (QED) is 0.622. The van der Waals surface area contributed by atoms with E-state index in [1.165, 1.54) is 0 Å². The van der Waals surface area contributed by atoms with Crippen LogP contribution in [0.5, 0.6) is 0 Å². The number of nitrogens with zero attached hydrogens (tertiary/aromatic N) is 1. The van der Waals surface area contributed by atoms with Gasteiger partial charge in [-0.05, 0) is 6.42 Å². The summed E-state index contributed by atoms with van der Waals surface area (Å²) in [5.41, 5.74) is 5.62. The van der Waals surface area contributed by atoms with Crippen LogP contribution in [0, 0.1) is 5.92 Å². The van der Waals surface area contributed by atoms with E-state index in [-0.39, 0.29) is 12.0 Å². The molecule has 12 heavy (non-hydrogen) atoms. The SMILES string of the molecule is NC1CC1C(=O)N1CCSCC1. The molecule has 1 aliphatic carbocycles. The highest BCUT2D eigenvalue weighted by Crippen LogP contribution is 2.30.